The Kier molecular flexibility index (Phi) is 2.29. The van der Waals surface area contributed by atoms with Crippen LogP contribution >= 0.6 is 34.8 Å². The first-order valence-electron chi connectivity index (χ1n) is 2.43. The molecule has 1 aromatic carbocycles. The van der Waals surface area contributed by atoms with Crippen molar-refractivity contribution in [2.24, 2.45) is 0 Å². The first-order valence-corrected chi connectivity index (χ1v) is 3.56. The highest BCUT2D eigenvalue weighted by Gasteiger charge is 2.00. The number of hydrogen-bond donors (Lipinski definition) is 0. The topological polar surface area (TPSA) is 23.1 Å². The number of rotatable bonds is 0. The average molecular weight is 196 g/mol. The lowest BCUT2D eigenvalue weighted by atomic mass is 10.3. The minimum absolute atomic E-state index is 0.194. The number of hydrogen-bond acceptors (Lipinski definition) is 1. The predicted octanol–water partition coefficient (Wildman–Crippen LogP) is 2.72. The van der Waals surface area contributed by atoms with E-state index in [1.165, 1.54) is 12.1 Å². The highest BCUT2D eigenvalue weighted by Crippen LogP contribution is 2.32. The van der Waals surface area contributed by atoms with Crippen LogP contribution in [0.25, 0.3) is 0 Å². The van der Waals surface area contributed by atoms with Crippen LogP contribution in [-0.4, -0.2) is 0 Å². The second-order valence-electron chi connectivity index (χ2n) is 1.70. The van der Waals surface area contributed by atoms with Gasteiger partial charge in [0.05, 0.1) is 15.1 Å². The molecule has 0 saturated heterocycles. The fourth-order valence-electron chi connectivity index (χ4n) is 0.532. The van der Waals surface area contributed by atoms with Crippen molar-refractivity contribution < 1.29 is 5.11 Å². The van der Waals surface area contributed by atoms with Crippen molar-refractivity contribution in [3.63, 3.8) is 0 Å². The van der Waals surface area contributed by atoms with Gasteiger partial charge in [-0.2, -0.15) is 0 Å². The van der Waals surface area contributed by atoms with Crippen molar-refractivity contribution in [1.29, 1.82) is 0 Å². The molecule has 1 nitrogen and oxygen atoms in total. The maximum absolute atomic E-state index is 10.6. The maximum atomic E-state index is 10.6. The predicted molar refractivity (Wildman–Crippen MR) is 40.9 cm³/mol. The van der Waals surface area contributed by atoms with Gasteiger partial charge >= 0.3 is 0 Å². The van der Waals surface area contributed by atoms with Crippen molar-refractivity contribution in [3.05, 3.63) is 27.2 Å². The van der Waals surface area contributed by atoms with E-state index in [1.54, 1.807) is 0 Å². The zero-order chi connectivity index (χ0) is 7.72. The summed E-state index contributed by atoms with van der Waals surface area (Å²) < 4.78 is 0. The van der Waals surface area contributed by atoms with Crippen LogP contribution in [0.3, 0.4) is 0 Å². The third-order valence-electron chi connectivity index (χ3n) is 0.957. The SMILES string of the molecule is [O-]c1cc(Cl)c(Cl)c(Cl)c1. The Morgan fingerprint density at radius 3 is 1.80 bits per heavy atom. The molecule has 0 amide bonds. The second-order valence-corrected chi connectivity index (χ2v) is 2.89. The summed E-state index contributed by atoms with van der Waals surface area (Å²) in [5, 5.41) is 11.2. The van der Waals surface area contributed by atoms with E-state index >= 15 is 0 Å². The zero-order valence-electron chi connectivity index (χ0n) is 4.70. The quantitative estimate of drug-likeness (QED) is 0.585. The molecule has 0 unspecified atom stereocenters. The highest BCUT2D eigenvalue weighted by molar-refractivity contribution is 6.48. The third kappa shape index (κ3) is 1.48. The molecule has 1 aromatic rings. The van der Waals surface area contributed by atoms with Gasteiger partial charge in [0, 0.05) is 0 Å². The molecule has 54 valence electrons. The first kappa shape index (κ1) is 7.99. The molecule has 4 heteroatoms. The molecule has 0 heterocycles. The molecule has 0 atom stereocenters. The summed E-state index contributed by atoms with van der Waals surface area (Å²) in [6.45, 7) is 0. The third-order valence-corrected chi connectivity index (χ3v) is 2.15. The number of benzene rings is 1. The smallest absolute Gasteiger partial charge is 0.0778 e. The van der Waals surface area contributed by atoms with Crippen LogP contribution in [0.15, 0.2) is 12.1 Å². The van der Waals surface area contributed by atoms with Gasteiger partial charge in [0.15, 0.2) is 0 Å². The maximum Gasteiger partial charge on any atom is 0.0778 e. The molecule has 0 bridgehead atoms. The van der Waals surface area contributed by atoms with Crippen molar-refractivity contribution in [2.45, 2.75) is 0 Å². The van der Waals surface area contributed by atoms with Crippen molar-refractivity contribution >= 4 is 34.8 Å². The molecule has 0 N–H and O–H groups in total. The van der Waals surface area contributed by atoms with Crippen LogP contribution in [0, 0.1) is 0 Å². The summed E-state index contributed by atoms with van der Waals surface area (Å²) in [4.78, 5) is 0. The van der Waals surface area contributed by atoms with Gasteiger partial charge in [-0.05, 0) is 12.1 Å². The van der Waals surface area contributed by atoms with Crippen LogP contribution in [-0.2, 0) is 0 Å². The lowest BCUT2D eigenvalue weighted by molar-refractivity contribution is -0.268. The summed E-state index contributed by atoms with van der Waals surface area (Å²) in [6.07, 6.45) is 0. The fourth-order valence-corrected chi connectivity index (χ4v) is 1.11. The largest absolute Gasteiger partial charge is 0.872 e. The second kappa shape index (κ2) is 2.87. The Morgan fingerprint density at radius 2 is 1.40 bits per heavy atom. The monoisotopic (exact) mass is 195 g/mol. The minimum atomic E-state index is -0.237. The standard InChI is InChI=1S/C6H3Cl3O/c7-4-1-3(10)2-5(8)6(4)9/h1-2,10H/p-1. The molecule has 10 heavy (non-hydrogen) atoms. The highest BCUT2D eigenvalue weighted by atomic mass is 35.5. The van der Waals surface area contributed by atoms with Crippen LogP contribution in [0.4, 0.5) is 0 Å². The van der Waals surface area contributed by atoms with Gasteiger partial charge in [0.25, 0.3) is 0 Å². The van der Waals surface area contributed by atoms with E-state index in [0.29, 0.717) is 0 Å². The first-order chi connectivity index (χ1) is 4.61. The zero-order valence-corrected chi connectivity index (χ0v) is 6.96. The van der Waals surface area contributed by atoms with Gasteiger partial charge in [-0.15, -0.1) is 5.75 Å². The molecule has 0 aromatic heterocycles. The molecule has 0 saturated carbocycles. The Bertz CT molecular complexity index is 236. The van der Waals surface area contributed by atoms with Gasteiger partial charge in [-0.25, -0.2) is 0 Å². The molecule has 0 aliphatic rings. The van der Waals surface area contributed by atoms with Gasteiger partial charge in [-0.3, -0.25) is 0 Å². The van der Waals surface area contributed by atoms with E-state index in [1.807, 2.05) is 0 Å². The van der Waals surface area contributed by atoms with Crippen LogP contribution in [0.5, 0.6) is 5.75 Å². The molecular formula is C6H2Cl3O-. The molecular weight excluding hydrogens is 194 g/mol. The minimum Gasteiger partial charge on any atom is -0.872 e. The molecule has 0 aliphatic heterocycles. The van der Waals surface area contributed by atoms with Gasteiger partial charge in [-0.1, -0.05) is 34.8 Å². The summed E-state index contributed by atoms with van der Waals surface area (Å²) >= 11 is 16.6. The summed E-state index contributed by atoms with van der Waals surface area (Å²) in [7, 11) is 0. The molecule has 1 rings (SSSR count). The van der Waals surface area contributed by atoms with E-state index in [2.05, 4.69) is 0 Å². The van der Waals surface area contributed by atoms with Crippen molar-refractivity contribution in [3.8, 4) is 5.75 Å². The van der Waals surface area contributed by atoms with Gasteiger partial charge in [0.1, 0.15) is 0 Å². The van der Waals surface area contributed by atoms with Crippen molar-refractivity contribution in [1.82, 2.24) is 0 Å². The Hall–Kier alpha value is -0.110. The van der Waals surface area contributed by atoms with Gasteiger partial charge < -0.3 is 5.11 Å². The molecule has 0 aliphatic carbocycles. The van der Waals surface area contributed by atoms with E-state index in [0.717, 1.165) is 0 Å². The average Bonchev–Trinajstić information content (AvgIpc) is 1.82. The fraction of sp³-hybridized carbons (Fsp3) is 0. The van der Waals surface area contributed by atoms with E-state index in [4.69, 9.17) is 34.8 Å². The summed E-state index contributed by atoms with van der Waals surface area (Å²) in [5.74, 6) is -0.237. The molecule has 0 spiro atoms. The van der Waals surface area contributed by atoms with E-state index in [-0.39, 0.29) is 20.8 Å². The van der Waals surface area contributed by atoms with Crippen molar-refractivity contribution in [2.75, 3.05) is 0 Å². The van der Waals surface area contributed by atoms with Crippen LogP contribution in [0.1, 0.15) is 0 Å². The Morgan fingerprint density at radius 1 is 1.00 bits per heavy atom. The Labute approximate surface area is 73.1 Å². The van der Waals surface area contributed by atoms with Gasteiger partial charge in [0.2, 0.25) is 0 Å². The van der Waals surface area contributed by atoms with E-state index in [9.17, 15) is 5.11 Å². The number of halogens is 3. The van der Waals surface area contributed by atoms with Crippen LogP contribution in [0.2, 0.25) is 15.1 Å². The summed E-state index contributed by atoms with van der Waals surface area (Å²) in [5.41, 5.74) is 0. The molecule has 0 fully saturated rings. The van der Waals surface area contributed by atoms with E-state index < -0.39 is 0 Å². The lowest BCUT2D eigenvalue weighted by Crippen LogP contribution is -1.88. The molecule has 0 radical (unpaired) electrons. The Balaban J connectivity index is 3.31. The van der Waals surface area contributed by atoms with Crippen LogP contribution < -0.4 is 5.11 Å². The summed E-state index contributed by atoms with van der Waals surface area (Å²) in [6, 6.07) is 2.44. The normalized spacial score (nSPS) is 9.90. The lowest BCUT2D eigenvalue weighted by Gasteiger charge is -2.06.